The van der Waals surface area contributed by atoms with Crippen molar-refractivity contribution in [3.8, 4) is 11.5 Å². The maximum absolute atomic E-state index is 8.95. The Kier molecular flexibility index (Phi) is 4.44. The summed E-state index contributed by atoms with van der Waals surface area (Å²) in [5, 5.41) is 12.2. The van der Waals surface area contributed by atoms with Crippen LogP contribution >= 0.6 is 0 Å². The molecule has 0 spiro atoms. The molecule has 0 saturated heterocycles. The highest BCUT2D eigenvalue weighted by atomic mass is 16.6. The number of aliphatic hydroxyl groups excluding tert-OH is 1. The van der Waals surface area contributed by atoms with Crippen LogP contribution in [-0.4, -0.2) is 37.5 Å². The van der Waals surface area contributed by atoms with Crippen LogP contribution in [0, 0.1) is 6.92 Å². The summed E-state index contributed by atoms with van der Waals surface area (Å²) in [5.41, 5.74) is 2.48. The molecule has 0 bridgehead atoms. The molecule has 4 heteroatoms. The van der Waals surface area contributed by atoms with E-state index in [9.17, 15) is 0 Å². The molecule has 1 atom stereocenters. The lowest BCUT2D eigenvalue weighted by Gasteiger charge is -2.20. The number of aliphatic hydroxyl groups is 1. The van der Waals surface area contributed by atoms with Crippen LogP contribution in [-0.2, 0) is 6.42 Å². The molecule has 18 heavy (non-hydrogen) atoms. The predicted octanol–water partition coefficient (Wildman–Crippen LogP) is 1.28. The van der Waals surface area contributed by atoms with Gasteiger partial charge in [0.1, 0.15) is 13.2 Å². The van der Waals surface area contributed by atoms with Crippen molar-refractivity contribution < 1.29 is 14.6 Å². The second-order valence-corrected chi connectivity index (χ2v) is 4.71. The van der Waals surface area contributed by atoms with Gasteiger partial charge in [-0.15, -0.1) is 0 Å². The summed E-state index contributed by atoms with van der Waals surface area (Å²) in [5.74, 6) is 1.69. The average molecular weight is 251 g/mol. The van der Waals surface area contributed by atoms with Gasteiger partial charge in [-0.1, -0.05) is 0 Å². The summed E-state index contributed by atoms with van der Waals surface area (Å²) < 4.78 is 11.1. The number of benzene rings is 1. The van der Waals surface area contributed by atoms with Crippen molar-refractivity contribution in [2.75, 3.05) is 26.4 Å². The van der Waals surface area contributed by atoms with Crippen LogP contribution in [0.15, 0.2) is 12.1 Å². The maximum Gasteiger partial charge on any atom is 0.161 e. The Morgan fingerprint density at radius 3 is 2.61 bits per heavy atom. The van der Waals surface area contributed by atoms with E-state index in [1.54, 1.807) is 0 Å². The van der Waals surface area contributed by atoms with Crippen LogP contribution in [0.25, 0.3) is 0 Å². The van der Waals surface area contributed by atoms with Crippen molar-refractivity contribution in [3.05, 3.63) is 23.3 Å². The first kappa shape index (κ1) is 13.2. The monoisotopic (exact) mass is 251 g/mol. The van der Waals surface area contributed by atoms with Crippen molar-refractivity contribution in [1.82, 2.24) is 5.32 Å². The van der Waals surface area contributed by atoms with E-state index in [4.69, 9.17) is 14.6 Å². The number of hydrogen-bond donors (Lipinski definition) is 2. The lowest BCUT2D eigenvalue weighted by atomic mass is 10.0. The van der Waals surface area contributed by atoms with Gasteiger partial charge in [-0.3, -0.25) is 0 Å². The van der Waals surface area contributed by atoms with E-state index < -0.39 is 0 Å². The van der Waals surface area contributed by atoms with E-state index in [0.29, 0.717) is 13.2 Å². The van der Waals surface area contributed by atoms with Gasteiger partial charge in [0.15, 0.2) is 11.5 Å². The van der Waals surface area contributed by atoms with Crippen molar-refractivity contribution in [1.29, 1.82) is 0 Å². The summed E-state index contributed by atoms with van der Waals surface area (Å²) in [4.78, 5) is 0. The fourth-order valence-corrected chi connectivity index (χ4v) is 2.02. The highest BCUT2D eigenvalue weighted by Crippen LogP contribution is 2.33. The van der Waals surface area contributed by atoms with Crippen LogP contribution in [0.4, 0.5) is 0 Å². The molecule has 2 rings (SSSR count). The van der Waals surface area contributed by atoms with Crippen LogP contribution in [0.1, 0.15) is 18.1 Å². The van der Waals surface area contributed by atoms with Crippen molar-refractivity contribution in [2.24, 2.45) is 0 Å². The third-order valence-corrected chi connectivity index (χ3v) is 3.16. The van der Waals surface area contributed by atoms with Gasteiger partial charge < -0.3 is 19.9 Å². The summed E-state index contributed by atoms with van der Waals surface area (Å²) in [6.07, 6.45) is 0.923. The minimum atomic E-state index is 0.141. The minimum Gasteiger partial charge on any atom is -0.486 e. The van der Waals surface area contributed by atoms with Crippen molar-refractivity contribution in [2.45, 2.75) is 26.3 Å². The molecule has 1 aromatic carbocycles. The third kappa shape index (κ3) is 3.15. The number of ether oxygens (including phenoxy) is 2. The summed E-state index contributed by atoms with van der Waals surface area (Å²) in [6.45, 7) is 6.32. The second kappa shape index (κ2) is 6.07. The number of fused-ring (bicyclic) bond motifs is 1. The molecule has 1 unspecified atom stereocenters. The number of nitrogens with one attached hydrogen (secondary N) is 1. The molecule has 1 aliphatic heterocycles. The van der Waals surface area contributed by atoms with Gasteiger partial charge >= 0.3 is 0 Å². The topological polar surface area (TPSA) is 50.7 Å². The Hall–Kier alpha value is -1.26. The largest absolute Gasteiger partial charge is 0.486 e. The van der Waals surface area contributed by atoms with Gasteiger partial charge in [-0.05, 0) is 50.1 Å². The zero-order valence-electron chi connectivity index (χ0n) is 11.0. The molecular formula is C14H21NO3. The van der Waals surface area contributed by atoms with Crippen molar-refractivity contribution in [3.63, 3.8) is 0 Å². The third-order valence-electron chi connectivity index (χ3n) is 3.16. The molecule has 1 aromatic rings. The predicted molar refractivity (Wildman–Crippen MR) is 70.4 cm³/mol. The Morgan fingerprint density at radius 2 is 1.94 bits per heavy atom. The zero-order valence-corrected chi connectivity index (χ0v) is 11.0. The first-order valence-electron chi connectivity index (χ1n) is 6.44. The van der Waals surface area contributed by atoms with Gasteiger partial charge in [-0.2, -0.15) is 0 Å². The molecular weight excluding hydrogens is 230 g/mol. The molecule has 0 amide bonds. The van der Waals surface area contributed by atoms with Gasteiger partial charge in [0.25, 0.3) is 0 Å². The van der Waals surface area contributed by atoms with Gasteiger partial charge in [0, 0.05) is 6.04 Å². The quantitative estimate of drug-likeness (QED) is 0.827. The van der Waals surface area contributed by atoms with E-state index in [0.717, 1.165) is 24.5 Å². The van der Waals surface area contributed by atoms with E-state index in [2.05, 4.69) is 18.3 Å². The molecule has 2 N–H and O–H groups in total. The van der Waals surface area contributed by atoms with Crippen LogP contribution < -0.4 is 14.8 Å². The van der Waals surface area contributed by atoms with E-state index >= 15 is 0 Å². The fourth-order valence-electron chi connectivity index (χ4n) is 2.02. The first-order valence-corrected chi connectivity index (χ1v) is 6.44. The summed E-state index contributed by atoms with van der Waals surface area (Å²) >= 11 is 0. The molecule has 0 aliphatic carbocycles. The number of rotatable bonds is 5. The van der Waals surface area contributed by atoms with E-state index in [-0.39, 0.29) is 12.6 Å². The Bertz CT molecular complexity index is 406. The molecule has 1 heterocycles. The minimum absolute atomic E-state index is 0.141. The first-order chi connectivity index (χ1) is 8.70. The van der Waals surface area contributed by atoms with E-state index in [1.165, 1.54) is 11.1 Å². The lowest BCUT2D eigenvalue weighted by Crippen LogP contribution is -2.31. The fraction of sp³-hybridized carbons (Fsp3) is 0.571. The number of aryl methyl sites for hydroxylation is 1. The highest BCUT2D eigenvalue weighted by molar-refractivity contribution is 5.47. The zero-order chi connectivity index (χ0) is 13.0. The SMILES string of the molecule is Cc1cc2c(cc1CCNC(C)CO)OCCO2. The lowest BCUT2D eigenvalue weighted by molar-refractivity contribution is 0.171. The van der Waals surface area contributed by atoms with Crippen LogP contribution in [0.5, 0.6) is 11.5 Å². The molecule has 100 valence electrons. The normalized spacial score (nSPS) is 15.5. The smallest absolute Gasteiger partial charge is 0.161 e. The molecule has 4 nitrogen and oxygen atoms in total. The summed E-state index contributed by atoms with van der Waals surface area (Å²) in [6, 6.07) is 4.25. The van der Waals surface area contributed by atoms with E-state index in [1.807, 2.05) is 13.0 Å². The molecule has 0 fully saturated rings. The highest BCUT2D eigenvalue weighted by Gasteiger charge is 2.13. The van der Waals surface area contributed by atoms with Gasteiger partial charge in [0.2, 0.25) is 0 Å². The molecule has 0 aromatic heterocycles. The Balaban J connectivity index is 2.00. The van der Waals surface area contributed by atoms with Gasteiger partial charge in [0.05, 0.1) is 6.61 Å². The molecule has 0 saturated carbocycles. The molecule has 0 radical (unpaired) electrons. The summed E-state index contributed by atoms with van der Waals surface area (Å²) in [7, 11) is 0. The van der Waals surface area contributed by atoms with Crippen molar-refractivity contribution >= 4 is 0 Å². The number of hydrogen-bond acceptors (Lipinski definition) is 4. The maximum atomic E-state index is 8.95. The Labute approximate surface area is 108 Å². The van der Waals surface area contributed by atoms with Gasteiger partial charge in [-0.25, -0.2) is 0 Å². The average Bonchev–Trinajstić information content (AvgIpc) is 2.39. The standard InChI is InChI=1S/C14H21NO3/c1-10-7-13-14(18-6-5-17-13)8-12(10)3-4-15-11(2)9-16/h7-8,11,15-16H,3-6,9H2,1-2H3. The van der Waals surface area contributed by atoms with Crippen LogP contribution in [0.3, 0.4) is 0 Å². The molecule has 1 aliphatic rings. The Morgan fingerprint density at radius 1 is 1.28 bits per heavy atom. The van der Waals surface area contributed by atoms with Crippen LogP contribution in [0.2, 0.25) is 0 Å². The second-order valence-electron chi connectivity index (χ2n) is 4.71.